The van der Waals surface area contributed by atoms with Crippen LogP contribution < -0.4 is 0 Å². The molecule has 0 saturated carbocycles. The van der Waals surface area contributed by atoms with E-state index in [0.717, 1.165) is 70.6 Å². The van der Waals surface area contributed by atoms with E-state index >= 15 is 0 Å². The molecule has 1 rings (SSSR count). The molecule has 0 spiro atoms. The summed E-state index contributed by atoms with van der Waals surface area (Å²) in [6, 6.07) is 0. The molecule has 0 aromatic rings. The molecule has 0 aromatic heterocycles. The van der Waals surface area contributed by atoms with Crippen molar-refractivity contribution in [3.05, 3.63) is 60.8 Å². The molecule has 0 bridgehead atoms. The van der Waals surface area contributed by atoms with Gasteiger partial charge in [0.1, 0.15) is 30.5 Å². The standard InChI is InChI=1S/C36H60O12S/c1-3-5-7-9-10-11-12-13-14-15-16-17-18-19-20-21-22-24-26-44-28-30(46-32(38)25-23-8-6-4-2)29-45-36-34(40)35(48-49(41,42)43)33(39)31(27-37)47-36/h5,7,10-11,13-14,16-17,19-20,30-31,33-37,39-40H,3-4,6,8-9,12,15,18,21-29H2,1-2H3,(H,41,42,43)/b7-5-,11-10-,14-13-,17-16-,20-19-. The van der Waals surface area contributed by atoms with Gasteiger partial charge in [0.05, 0.1) is 19.8 Å². The van der Waals surface area contributed by atoms with Crippen molar-refractivity contribution in [3.8, 4) is 0 Å². The zero-order chi connectivity index (χ0) is 36.2. The van der Waals surface area contributed by atoms with E-state index < -0.39 is 59.8 Å². The Balaban J connectivity index is 2.46. The Labute approximate surface area is 293 Å². The number of allylic oxidation sites excluding steroid dienone is 10. The van der Waals surface area contributed by atoms with Crippen LogP contribution in [-0.2, 0) is 38.3 Å². The topological polar surface area (TPSA) is 178 Å². The largest absolute Gasteiger partial charge is 0.457 e. The van der Waals surface area contributed by atoms with E-state index in [1.807, 2.05) is 0 Å². The first-order valence-electron chi connectivity index (χ1n) is 17.5. The molecule has 1 fully saturated rings. The predicted octanol–water partition coefficient (Wildman–Crippen LogP) is 5.45. The number of carbonyl (C=O) groups is 1. The van der Waals surface area contributed by atoms with Gasteiger partial charge in [0.2, 0.25) is 0 Å². The highest BCUT2D eigenvalue weighted by Crippen LogP contribution is 2.26. The van der Waals surface area contributed by atoms with Crippen LogP contribution in [0.1, 0.15) is 97.3 Å². The lowest BCUT2D eigenvalue weighted by molar-refractivity contribution is -0.301. The van der Waals surface area contributed by atoms with Crippen molar-refractivity contribution < 1.29 is 56.2 Å². The summed E-state index contributed by atoms with van der Waals surface area (Å²) in [6.07, 6.45) is 23.5. The Kier molecular flexibility index (Phi) is 26.1. The fourth-order valence-electron chi connectivity index (χ4n) is 4.75. The van der Waals surface area contributed by atoms with Crippen LogP contribution in [0.15, 0.2) is 60.8 Å². The van der Waals surface area contributed by atoms with Crippen molar-refractivity contribution >= 4 is 16.4 Å². The lowest BCUT2D eigenvalue weighted by atomic mass is 9.99. The minimum Gasteiger partial charge on any atom is -0.457 e. The van der Waals surface area contributed by atoms with Crippen molar-refractivity contribution in [1.29, 1.82) is 0 Å². The van der Waals surface area contributed by atoms with Crippen molar-refractivity contribution in [2.75, 3.05) is 26.4 Å². The molecule has 0 radical (unpaired) electrons. The molecule has 12 nitrogen and oxygen atoms in total. The Morgan fingerprint density at radius 2 is 1.41 bits per heavy atom. The Morgan fingerprint density at radius 1 is 0.796 bits per heavy atom. The van der Waals surface area contributed by atoms with Crippen LogP contribution in [0, 0.1) is 0 Å². The van der Waals surface area contributed by atoms with E-state index in [0.29, 0.717) is 13.0 Å². The quantitative estimate of drug-likeness (QED) is 0.0349. The summed E-state index contributed by atoms with van der Waals surface area (Å²) in [7, 11) is -5.06. The number of esters is 1. The average Bonchev–Trinajstić information content (AvgIpc) is 3.06. The fourth-order valence-corrected chi connectivity index (χ4v) is 5.26. The smallest absolute Gasteiger partial charge is 0.397 e. The first-order valence-corrected chi connectivity index (χ1v) is 18.9. The molecule has 49 heavy (non-hydrogen) atoms. The highest BCUT2D eigenvalue weighted by molar-refractivity contribution is 7.80. The Bertz CT molecular complexity index is 1100. The second kappa shape index (κ2) is 28.5. The third kappa shape index (κ3) is 23.0. The van der Waals surface area contributed by atoms with Gasteiger partial charge in [-0.25, -0.2) is 4.18 Å². The highest BCUT2D eigenvalue weighted by Gasteiger charge is 2.48. The van der Waals surface area contributed by atoms with E-state index in [-0.39, 0.29) is 19.6 Å². The Hall–Kier alpha value is -2.20. The van der Waals surface area contributed by atoms with Gasteiger partial charge in [0, 0.05) is 13.0 Å². The van der Waals surface area contributed by atoms with Crippen LogP contribution in [0.2, 0.25) is 0 Å². The molecule has 6 atom stereocenters. The number of carbonyl (C=O) groups excluding carboxylic acids is 1. The van der Waals surface area contributed by atoms with E-state index in [1.54, 1.807) is 0 Å². The summed E-state index contributed by atoms with van der Waals surface area (Å²) in [6.45, 7) is 3.57. The zero-order valence-corrected chi connectivity index (χ0v) is 30.0. The van der Waals surface area contributed by atoms with Gasteiger partial charge in [-0.2, -0.15) is 8.42 Å². The van der Waals surface area contributed by atoms with Crippen LogP contribution in [0.4, 0.5) is 0 Å². The summed E-state index contributed by atoms with van der Waals surface area (Å²) in [5.74, 6) is -0.437. The van der Waals surface area contributed by atoms with E-state index in [4.69, 9.17) is 23.5 Å². The molecule has 1 aliphatic heterocycles. The number of ether oxygens (including phenoxy) is 4. The number of aliphatic hydroxyl groups is 3. The lowest BCUT2D eigenvalue weighted by Crippen LogP contribution is -2.60. The third-order valence-corrected chi connectivity index (χ3v) is 7.87. The normalized spacial score (nSPS) is 22.8. The van der Waals surface area contributed by atoms with Gasteiger partial charge in [0.15, 0.2) is 6.29 Å². The van der Waals surface area contributed by atoms with Crippen LogP contribution >= 0.6 is 0 Å². The van der Waals surface area contributed by atoms with Crippen molar-refractivity contribution in [2.24, 2.45) is 0 Å². The van der Waals surface area contributed by atoms with Crippen molar-refractivity contribution in [1.82, 2.24) is 0 Å². The number of hydrogen-bond acceptors (Lipinski definition) is 11. The maximum atomic E-state index is 12.5. The molecular formula is C36H60O12S. The fraction of sp³-hybridized carbons (Fsp3) is 0.694. The lowest BCUT2D eigenvalue weighted by Gasteiger charge is -2.41. The summed E-state index contributed by atoms with van der Waals surface area (Å²) < 4.78 is 58.2. The molecule has 1 heterocycles. The van der Waals surface area contributed by atoms with Crippen LogP contribution in [0.5, 0.6) is 0 Å². The molecule has 4 N–H and O–H groups in total. The molecule has 1 aliphatic rings. The average molecular weight is 717 g/mol. The second-order valence-electron chi connectivity index (χ2n) is 11.7. The predicted molar refractivity (Wildman–Crippen MR) is 188 cm³/mol. The molecule has 6 unspecified atom stereocenters. The van der Waals surface area contributed by atoms with Crippen LogP contribution in [-0.4, -0.2) is 97.5 Å². The maximum absolute atomic E-state index is 12.5. The van der Waals surface area contributed by atoms with Gasteiger partial charge < -0.3 is 34.3 Å². The summed E-state index contributed by atoms with van der Waals surface area (Å²) >= 11 is 0. The first-order chi connectivity index (χ1) is 23.6. The Morgan fingerprint density at radius 3 is 1.98 bits per heavy atom. The summed E-state index contributed by atoms with van der Waals surface area (Å²) in [4.78, 5) is 12.5. The van der Waals surface area contributed by atoms with E-state index in [9.17, 15) is 28.5 Å². The number of hydrogen-bond donors (Lipinski definition) is 4. The summed E-state index contributed by atoms with van der Waals surface area (Å²) in [5, 5.41) is 30.3. The van der Waals surface area contributed by atoms with Gasteiger partial charge >= 0.3 is 16.4 Å². The summed E-state index contributed by atoms with van der Waals surface area (Å²) in [5.41, 5.74) is 0. The van der Waals surface area contributed by atoms with Gasteiger partial charge in [-0.15, -0.1) is 0 Å². The molecule has 0 amide bonds. The number of aliphatic hydroxyl groups excluding tert-OH is 3. The van der Waals surface area contributed by atoms with Gasteiger partial charge in [-0.1, -0.05) is 93.9 Å². The highest BCUT2D eigenvalue weighted by atomic mass is 32.3. The van der Waals surface area contributed by atoms with Crippen molar-refractivity contribution in [3.63, 3.8) is 0 Å². The molecule has 0 aliphatic carbocycles. The van der Waals surface area contributed by atoms with Crippen LogP contribution in [0.25, 0.3) is 0 Å². The SMILES string of the molecule is CC/C=C\C/C=C\C/C=C\C/C=C\C/C=C\CCCCOCC(COC1OC(CO)C(O)C(OS(=O)(=O)O)C1O)OC(=O)CCCCCC. The van der Waals surface area contributed by atoms with E-state index in [2.05, 4.69) is 78.8 Å². The minimum absolute atomic E-state index is 0.00217. The third-order valence-electron chi connectivity index (χ3n) is 7.40. The number of rotatable bonds is 28. The van der Waals surface area contributed by atoms with E-state index in [1.165, 1.54) is 0 Å². The molecule has 282 valence electrons. The molecule has 13 heteroatoms. The van der Waals surface area contributed by atoms with Crippen LogP contribution in [0.3, 0.4) is 0 Å². The zero-order valence-electron chi connectivity index (χ0n) is 29.2. The molecular weight excluding hydrogens is 656 g/mol. The second-order valence-corrected chi connectivity index (χ2v) is 12.8. The maximum Gasteiger partial charge on any atom is 0.397 e. The van der Waals surface area contributed by atoms with Crippen molar-refractivity contribution in [2.45, 2.75) is 134 Å². The van der Waals surface area contributed by atoms with Gasteiger partial charge in [-0.3, -0.25) is 9.35 Å². The number of unbranched alkanes of at least 4 members (excludes halogenated alkanes) is 5. The minimum atomic E-state index is -5.06. The first kappa shape index (κ1) is 44.8. The molecule has 0 aromatic carbocycles. The van der Waals surface area contributed by atoms with Gasteiger partial charge in [0.25, 0.3) is 0 Å². The monoisotopic (exact) mass is 716 g/mol. The van der Waals surface area contributed by atoms with Gasteiger partial charge in [-0.05, 0) is 57.8 Å². The molecule has 1 saturated heterocycles.